The van der Waals surface area contributed by atoms with Crippen molar-refractivity contribution in [1.82, 2.24) is 9.55 Å². The van der Waals surface area contributed by atoms with Crippen LogP contribution >= 0.6 is 0 Å². The Bertz CT molecular complexity index is 1010. The van der Waals surface area contributed by atoms with Crippen LogP contribution in [0.3, 0.4) is 0 Å². The molecule has 6 nitrogen and oxygen atoms in total. The first-order valence-corrected chi connectivity index (χ1v) is 9.24. The summed E-state index contributed by atoms with van der Waals surface area (Å²) in [5.74, 6) is -0.402. The first-order chi connectivity index (χ1) is 12.9. The SMILES string of the molecule is Cc1cccc(C[N+]2(C)CCC(n3c(N)nc4ccccc43)[C@H]2C(=O)O)c1. The summed E-state index contributed by atoms with van der Waals surface area (Å²) in [5, 5.41) is 10.1. The molecular formula is C21H25N4O2+. The highest BCUT2D eigenvalue weighted by molar-refractivity contribution is 5.80. The summed E-state index contributed by atoms with van der Waals surface area (Å²) in [4.78, 5) is 16.8. The number of anilines is 1. The summed E-state index contributed by atoms with van der Waals surface area (Å²) < 4.78 is 2.38. The van der Waals surface area contributed by atoms with E-state index >= 15 is 0 Å². The van der Waals surface area contributed by atoms with Crippen molar-refractivity contribution in [2.45, 2.75) is 32.0 Å². The Morgan fingerprint density at radius 3 is 2.81 bits per heavy atom. The number of quaternary nitrogens is 1. The van der Waals surface area contributed by atoms with Crippen LogP contribution in [0.1, 0.15) is 23.6 Å². The fraction of sp³-hybridized carbons (Fsp3) is 0.333. The average Bonchev–Trinajstić information content (AvgIpc) is 3.10. The highest BCUT2D eigenvalue weighted by Gasteiger charge is 2.51. The van der Waals surface area contributed by atoms with Crippen LogP contribution in [0.15, 0.2) is 48.5 Å². The van der Waals surface area contributed by atoms with Crippen molar-refractivity contribution in [3.8, 4) is 0 Å². The first kappa shape index (κ1) is 17.5. The highest BCUT2D eigenvalue weighted by Crippen LogP contribution is 2.39. The van der Waals surface area contributed by atoms with E-state index in [1.165, 1.54) is 5.56 Å². The molecule has 3 atom stereocenters. The molecule has 0 radical (unpaired) electrons. The molecule has 4 rings (SSSR count). The summed E-state index contributed by atoms with van der Waals surface area (Å²) in [6.07, 6.45) is 0.754. The van der Waals surface area contributed by atoms with Crippen LogP contribution < -0.4 is 5.73 Å². The van der Waals surface area contributed by atoms with Crippen molar-refractivity contribution >= 4 is 23.0 Å². The molecule has 140 valence electrons. The van der Waals surface area contributed by atoms with Crippen molar-refractivity contribution < 1.29 is 14.4 Å². The summed E-state index contributed by atoms with van der Waals surface area (Å²) in [5.41, 5.74) is 10.3. The molecule has 2 heterocycles. The van der Waals surface area contributed by atoms with Crippen LogP contribution in [0.5, 0.6) is 0 Å². The fourth-order valence-corrected chi connectivity index (χ4v) is 4.66. The van der Waals surface area contributed by atoms with E-state index in [0.29, 0.717) is 17.0 Å². The van der Waals surface area contributed by atoms with Gasteiger partial charge in [0.25, 0.3) is 0 Å². The number of benzene rings is 2. The zero-order chi connectivity index (χ0) is 19.2. The van der Waals surface area contributed by atoms with E-state index in [2.05, 4.69) is 30.1 Å². The third kappa shape index (κ3) is 2.96. The Labute approximate surface area is 158 Å². The molecule has 1 fully saturated rings. The number of hydrogen-bond donors (Lipinski definition) is 2. The number of carboxylic acid groups (broad SMARTS) is 1. The lowest BCUT2D eigenvalue weighted by Gasteiger charge is -2.35. The second kappa shape index (κ2) is 6.39. The van der Waals surface area contributed by atoms with Gasteiger partial charge in [-0.05, 0) is 19.1 Å². The molecule has 1 aliphatic rings. The maximum atomic E-state index is 12.3. The van der Waals surface area contributed by atoms with Gasteiger partial charge < -0.3 is 19.9 Å². The van der Waals surface area contributed by atoms with Crippen LogP contribution in [0, 0.1) is 6.92 Å². The molecule has 0 saturated carbocycles. The lowest BCUT2D eigenvalue weighted by atomic mass is 10.1. The third-order valence-electron chi connectivity index (χ3n) is 5.81. The number of para-hydroxylation sites is 2. The number of aliphatic carboxylic acids is 1. The van der Waals surface area contributed by atoms with Crippen LogP contribution in [0.4, 0.5) is 5.95 Å². The topological polar surface area (TPSA) is 81.1 Å². The van der Waals surface area contributed by atoms with Gasteiger partial charge in [-0.1, -0.05) is 42.0 Å². The molecule has 0 amide bonds. The zero-order valence-electron chi connectivity index (χ0n) is 15.7. The van der Waals surface area contributed by atoms with Crippen molar-refractivity contribution in [2.75, 3.05) is 19.3 Å². The van der Waals surface area contributed by atoms with E-state index < -0.39 is 12.0 Å². The van der Waals surface area contributed by atoms with E-state index in [-0.39, 0.29) is 6.04 Å². The molecule has 3 N–H and O–H groups in total. The molecular weight excluding hydrogens is 340 g/mol. The molecule has 1 aliphatic heterocycles. The average molecular weight is 365 g/mol. The van der Waals surface area contributed by atoms with E-state index in [4.69, 9.17) is 5.73 Å². The first-order valence-electron chi connectivity index (χ1n) is 9.24. The minimum atomic E-state index is -0.787. The van der Waals surface area contributed by atoms with Gasteiger partial charge in [0.05, 0.1) is 24.6 Å². The maximum absolute atomic E-state index is 12.3. The number of likely N-dealkylation sites (N-methyl/N-ethyl adjacent to an activating group) is 1. The Hall–Kier alpha value is -2.86. The van der Waals surface area contributed by atoms with Gasteiger partial charge in [0.15, 0.2) is 0 Å². The Morgan fingerprint density at radius 2 is 2.07 bits per heavy atom. The molecule has 0 spiro atoms. The number of aromatic nitrogens is 2. The molecule has 27 heavy (non-hydrogen) atoms. The number of nitrogens with two attached hydrogens (primary N) is 1. The Kier molecular flexibility index (Phi) is 4.15. The number of rotatable bonds is 4. The van der Waals surface area contributed by atoms with E-state index in [1.54, 1.807) is 0 Å². The molecule has 6 heteroatoms. The number of fused-ring (bicyclic) bond motifs is 1. The fourth-order valence-electron chi connectivity index (χ4n) is 4.66. The van der Waals surface area contributed by atoms with Gasteiger partial charge in [-0.3, -0.25) is 0 Å². The van der Waals surface area contributed by atoms with E-state index in [0.717, 1.165) is 29.6 Å². The van der Waals surface area contributed by atoms with Crippen molar-refractivity contribution in [3.05, 3.63) is 59.7 Å². The smallest absolute Gasteiger partial charge is 0.364 e. The number of imidazole rings is 1. The molecule has 2 unspecified atom stereocenters. The Morgan fingerprint density at radius 1 is 1.30 bits per heavy atom. The van der Waals surface area contributed by atoms with Gasteiger partial charge in [0.2, 0.25) is 12.0 Å². The van der Waals surface area contributed by atoms with Crippen LogP contribution in [-0.4, -0.2) is 44.7 Å². The minimum Gasteiger partial charge on any atom is -0.477 e. The normalized spacial score (nSPS) is 25.1. The van der Waals surface area contributed by atoms with Gasteiger partial charge in [-0.15, -0.1) is 0 Å². The predicted molar refractivity (Wildman–Crippen MR) is 105 cm³/mol. The number of hydrogen-bond acceptors (Lipinski definition) is 3. The molecule has 2 aromatic carbocycles. The minimum absolute atomic E-state index is 0.218. The zero-order valence-corrected chi connectivity index (χ0v) is 15.7. The van der Waals surface area contributed by atoms with Gasteiger partial charge in [-0.2, -0.15) is 0 Å². The number of nitrogens with zero attached hydrogens (tertiary/aromatic N) is 3. The summed E-state index contributed by atoms with van der Waals surface area (Å²) in [7, 11) is 2.04. The standard InChI is InChI=1S/C21H24N4O2/c1-14-6-5-7-15(12-14)13-25(2)11-10-18(19(25)20(26)27)24-17-9-4-3-8-16(17)23-21(24)22/h3-9,12,18-19H,10-11,13H2,1-2H3,(H2-,22,23,26,27)/p+1/t18?,19-,25?/m0/s1. The lowest BCUT2D eigenvalue weighted by molar-refractivity contribution is -0.927. The van der Waals surface area contributed by atoms with Crippen LogP contribution in [-0.2, 0) is 11.3 Å². The number of likely N-dealkylation sites (tertiary alicyclic amines) is 1. The van der Waals surface area contributed by atoms with Gasteiger partial charge in [0, 0.05) is 12.0 Å². The lowest BCUT2D eigenvalue weighted by Crippen LogP contribution is -2.53. The van der Waals surface area contributed by atoms with Crippen molar-refractivity contribution in [1.29, 1.82) is 0 Å². The number of carbonyl (C=O) groups is 1. The summed E-state index contributed by atoms with van der Waals surface area (Å²) >= 11 is 0. The molecule has 0 aliphatic carbocycles. The summed E-state index contributed by atoms with van der Waals surface area (Å²) in [6.45, 7) is 3.52. The van der Waals surface area contributed by atoms with Gasteiger partial charge >= 0.3 is 5.97 Å². The molecule has 3 aromatic rings. The highest BCUT2D eigenvalue weighted by atomic mass is 16.4. The van der Waals surface area contributed by atoms with E-state index in [1.807, 2.05) is 41.9 Å². The number of aryl methyl sites for hydroxylation is 1. The molecule has 1 saturated heterocycles. The quantitative estimate of drug-likeness (QED) is 0.697. The third-order valence-corrected chi connectivity index (χ3v) is 5.81. The molecule has 1 aromatic heterocycles. The number of carboxylic acids is 1. The summed E-state index contributed by atoms with van der Waals surface area (Å²) in [6, 6.07) is 15.2. The van der Waals surface area contributed by atoms with Crippen molar-refractivity contribution in [2.24, 2.45) is 0 Å². The monoisotopic (exact) mass is 365 g/mol. The predicted octanol–water partition coefficient (Wildman–Crippen LogP) is 2.97. The molecule has 0 bridgehead atoms. The van der Waals surface area contributed by atoms with Gasteiger partial charge in [0.1, 0.15) is 12.6 Å². The van der Waals surface area contributed by atoms with E-state index in [9.17, 15) is 9.90 Å². The largest absolute Gasteiger partial charge is 0.477 e. The second-order valence-electron chi connectivity index (χ2n) is 7.82. The maximum Gasteiger partial charge on any atom is 0.364 e. The van der Waals surface area contributed by atoms with Gasteiger partial charge in [-0.25, -0.2) is 9.78 Å². The van der Waals surface area contributed by atoms with Crippen LogP contribution in [0.25, 0.3) is 11.0 Å². The second-order valence-corrected chi connectivity index (χ2v) is 7.82. The Balaban J connectivity index is 1.75. The van der Waals surface area contributed by atoms with Crippen LogP contribution in [0.2, 0.25) is 0 Å². The number of nitrogen functional groups attached to an aromatic ring is 1. The van der Waals surface area contributed by atoms with Crippen molar-refractivity contribution in [3.63, 3.8) is 0 Å².